The van der Waals surface area contributed by atoms with Gasteiger partial charge in [0.05, 0.1) is 10.7 Å². The minimum Gasteiger partial charge on any atom is -0.380 e. The van der Waals surface area contributed by atoms with Crippen LogP contribution in [0.1, 0.15) is 11.1 Å². The van der Waals surface area contributed by atoms with Crippen LogP contribution in [0.2, 0.25) is 10.0 Å². The van der Waals surface area contributed by atoms with Gasteiger partial charge in [-0.15, -0.1) is 0 Å². The van der Waals surface area contributed by atoms with Crippen molar-refractivity contribution in [1.29, 1.82) is 0 Å². The number of aryl methyl sites for hydroxylation is 1. The summed E-state index contributed by atoms with van der Waals surface area (Å²) in [6.45, 7) is 2.66. The molecule has 0 fully saturated rings. The van der Waals surface area contributed by atoms with Crippen LogP contribution in [0.25, 0.3) is 10.8 Å². The Bertz CT molecular complexity index is 796. The molecule has 0 saturated heterocycles. The maximum absolute atomic E-state index is 6.24. The first-order valence-corrected chi connectivity index (χ1v) is 7.56. The summed E-state index contributed by atoms with van der Waals surface area (Å²) in [7, 11) is 0. The molecule has 3 aromatic carbocycles. The van der Waals surface area contributed by atoms with Crippen LogP contribution < -0.4 is 5.32 Å². The van der Waals surface area contributed by atoms with Gasteiger partial charge in [0, 0.05) is 11.6 Å². The number of benzene rings is 3. The van der Waals surface area contributed by atoms with Gasteiger partial charge in [-0.2, -0.15) is 0 Å². The van der Waals surface area contributed by atoms with E-state index in [4.69, 9.17) is 23.2 Å². The average molecular weight is 316 g/mol. The number of anilines is 1. The van der Waals surface area contributed by atoms with Gasteiger partial charge >= 0.3 is 0 Å². The number of hydrogen-bond donors (Lipinski definition) is 1. The molecule has 0 aliphatic heterocycles. The van der Waals surface area contributed by atoms with E-state index in [1.54, 1.807) is 0 Å². The summed E-state index contributed by atoms with van der Waals surface area (Å²) < 4.78 is 0. The van der Waals surface area contributed by atoms with Gasteiger partial charge in [0.1, 0.15) is 0 Å². The smallest absolute Gasteiger partial charge is 0.0641 e. The van der Waals surface area contributed by atoms with Gasteiger partial charge in [-0.1, -0.05) is 59.6 Å². The summed E-state index contributed by atoms with van der Waals surface area (Å²) in [5, 5.41) is 7.25. The lowest BCUT2D eigenvalue weighted by atomic mass is 10.1. The minimum atomic E-state index is 0.692. The van der Waals surface area contributed by atoms with Crippen LogP contribution in [0.4, 0.5) is 5.69 Å². The van der Waals surface area contributed by atoms with Crippen LogP contribution >= 0.6 is 23.2 Å². The average Bonchev–Trinajstić information content (AvgIpc) is 2.49. The number of nitrogens with one attached hydrogen (secondary N) is 1. The summed E-state index contributed by atoms with van der Waals surface area (Å²) in [5.41, 5.74) is 3.06. The van der Waals surface area contributed by atoms with Crippen LogP contribution in [0, 0.1) is 6.92 Å². The largest absolute Gasteiger partial charge is 0.380 e. The molecule has 3 heteroatoms. The third-order valence-electron chi connectivity index (χ3n) is 3.55. The molecule has 0 aliphatic rings. The second-order valence-corrected chi connectivity index (χ2v) is 5.93. The first-order chi connectivity index (χ1) is 10.1. The Labute approximate surface area is 134 Å². The molecule has 0 bridgehead atoms. The summed E-state index contributed by atoms with van der Waals surface area (Å²) in [5.74, 6) is 0. The van der Waals surface area contributed by atoms with E-state index in [2.05, 4.69) is 41.7 Å². The lowest BCUT2D eigenvalue weighted by molar-refractivity contribution is 1.15. The highest BCUT2D eigenvalue weighted by Gasteiger charge is 2.04. The van der Waals surface area contributed by atoms with E-state index in [1.165, 1.54) is 16.3 Å². The van der Waals surface area contributed by atoms with Crippen LogP contribution in [0.5, 0.6) is 0 Å². The van der Waals surface area contributed by atoms with Crippen molar-refractivity contribution in [2.24, 2.45) is 0 Å². The van der Waals surface area contributed by atoms with Crippen molar-refractivity contribution in [3.05, 3.63) is 75.8 Å². The van der Waals surface area contributed by atoms with Crippen LogP contribution in [-0.4, -0.2) is 0 Å². The normalized spacial score (nSPS) is 10.8. The molecule has 3 aromatic rings. The minimum absolute atomic E-state index is 0.692. The quantitative estimate of drug-likeness (QED) is 0.618. The molecular weight excluding hydrogens is 301 g/mol. The first-order valence-electron chi connectivity index (χ1n) is 6.81. The molecule has 1 nitrogen and oxygen atoms in total. The Morgan fingerprint density at radius 1 is 0.857 bits per heavy atom. The van der Waals surface area contributed by atoms with E-state index < -0.39 is 0 Å². The van der Waals surface area contributed by atoms with E-state index in [9.17, 15) is 0 Å². The maximum atomic E-state index is 6.24. The molecule has 106 valence electrons. The Balaban J connectivity index is 1.81. The van der Waals surface area contributed by atoms with Gasteiger partial charge in [-0.05, 0) is 47.0 Å². The van der Waals surface area contributed by atoms with Gasteiger partial charge in [-0.3, -0.25) is 0 Å². The molecule has 0 radical (unpaired) electrons. The fourth-order valence-electron chi connectivity index (χ4n) is 2.33. The highest BCUT2D eigenvalue weighted by atomic mass is 35.5. The fraction of sp³-hybridized carbons (Fsp3) is 0.111. The molecule has 21 heavy (non-hydrogen) atoms. The van der Waals surface area contributed by atoms with Gasteiger partial charge in [0.25, 0.3) is 0 Å². The molecule has 0 heterocycles. The predicted octanol–water partition coefficient (Wildman–Crippen LogP) is 6.07. The van der Waals surface area contributed by atoms with E-state index in [0.29, 0.717) is 11.6 Å². The molecule has 0 aliphatic carbocycles. The van der Waals surface area contributed by atoms with Crippen molar-refractivity contribution >= 4 is 39.7 Å². The number of hydrogen-bond acceptors (Lipinski definition) is 1. The Hall–Kier alpha value is -1.70. The van der Waals surface area contributed by atoms with Crippen molar-refractivity contribution in [2.45, 2.75) is 13.5 Å². The number of rotatable bonds is 3. The topological polar surface area (TPSA) is 12.0 Å². The van der Waals surface area contributed by atoms with E-state index in [0.717, 1.165) is 16.3 Å². The predicted molar refractivity (Wildman–Crippen MR) is 92.5 cm³/mol. The second-order valence-electron chi connectivity index (χ2n) is 5.12. The summed E-state index contributed by atoms with van der Waals surface area (Å²) in [4.78, 5) is 0. The van der Waals surface area contributed by atoms with Crippen molar-refractivity contribution in [1.82, 2.24) is 0 Å². The Morgan fingerprint density at radius 3 is 2.43 bits per heavy atom. The molecule has 1 N–H and O–H groups in total. The third kappa shape index (κ3) is 3.15. The zero-order valence-electron chi connectivity index (χ0n) is 11.7. The maximum Gasteiger partial charge on any atom is 0.0641 e. The Morgan fingerprint density at radius 2 is 1.62 bits per heavy atom. The molecule has 0 atom stereocenters. The second kappa shape index (κ2) is 5.97. The van der Waals surface area contributed by atoms with Crippen molar-refractivity contribution in [3.63, 3.8) is 0 Å². The zero-order chi connectivity index (χ0) is 14.8. The van der Waals surface area contributed by atoms with E-state index in [-0.39, 0.29) is 0 Å². The van der Waals surface area contributed by atoms with Crippen molar-refractivity contribution in [2.75, 3.05) is 5.32 Å². The van der Waals surface area contributed by atoms with Crippen LogP contribution in [0.15, 0.2) is 54.6 Å². The summed E-state index contributed by atoms with van der Waals surface area (Å²) >= 11 is 12.4. The molecule has 0 amide bonds. The van der Waals surface area contributed by atoms with Crippen molar-refractivity contribution < 1.29 is 0 Å². The van der Waals surface area contributed by atoms with Gasteiger partial charge in [0.15, 0.2) is 0 Å². The molecule has 0 unspecified atom stereocenters. The lowest BCUT2D eigenvalue weighted by Crippen LogP contribution is -2.00. The zero-order valence-corrected chi connectivity index (χ0v) is 13.2. The molecular formula is C18H15Cl2N. The lowest BCUT2D eigenvalue weighted by Gasteiger charge is -2.11. The highest BCUT2D eigenvalue weighted by molar-refractivity contribution is 6.35. The highest BCUT2D eigenvalue weighted by Crippen LogP contribution is 2.29. The van der Waals surface area contributed by atoms with Gasteiger partial charge < -0.3 is 5.32 Å². The van der Waals surface area contributed by atoms with Crippen LogP contribution in [0.3, 0.4) is 0 Å². The van der Waals surface area contributed by atoms with E-state index >= 15 is 0 Å². The first kappa shape index (κ1) is 14.2. The van der Waals surface area contributed by atoms with Gasteiger partial charge in [-0.25, -0.2) is 0 Å². The molecule has 0 spiro atoms. The van der Waals surface area contributed by atoms with E-state index in [1.807, 2.05) is 25.1 Å². The Kier molecular flexibility index (Phi) is 4.05. The van der Waals surface area contributed by atoms with Crippen LogP contribution in [-0.2, 0) is 6.54 Å². The number of fused-ring (bicyclic) bond motifs is 1. The molecule has 0 saturated carbocycles. The number of halogens is 2. The fourth-order valence-corrected chi connectivity index (χ4v) is 2.78. The molecule has 0 aromatic heterocycles. The summed E-state index contributed by atoms with van der Waals surface area (Å²) in [6.07, 6.45) is 0. The monoisotopic (exact) mass is 315 g/mol. The SMILES string of the molecule is Cc1cc(Cl)c(NCc2ccc3ccccc3c2)cc1Cl. The van der Waals surface area contributed by atoms with Crippen molar-refractivity contribution in [3.8, 4) is 0 Å². The van der Waals surface area contributed by atoms with Gasteiger partial charge in [0.2, 0.25) is 0 Å². The third-order valence-corrected chi connectivity index (χ3v) is 4.27. The summed E-state index contributed by atoms with van der Waals surface area (Å²) in [6, 6.07) is 18.5. The standard InChI is InChI=1S/C18H15Cl2N/c1-12-8-17(20)18(10-16(12)19)21-11-13-6-7-14-4-2-3-5-15(14)9-13/h2-10,21H,11H2,1H3. The molecule has 3 rings (SSSR count).